The first-order valence-corrected chi connectivity index (χ1v) is 5.16. The van der Waals surface area contributed by atoms with Gasteiger partial charge in [0, 0.05) is 6.07 Å². The van der Waals surface area contributed by atoms with Crippen LogP contribution in [-0.2, 0) is 4.74 Å². The molecule has 0 aliphatic heterocycles. The Hall–Kier alpha value is -1.78. The molecule has 0 aromatic heterocycles. The third-order valence-electron chi connectivity index (χ3n) is 1.83. The molecule has 0 atom stereocenters. The van der Waals surface area contributed by atoms with Crippen molar-refractivity contribution in [2.75, 3.05) is 12.2 Å². The zero-order valence-electron chi connectivity index (χ0n) is 10.4. The fourth-order valence-electron chi connectivity index (χ4n) is 1.14. The maximum Gasteiger partial charge on any atom is 0.443 e. The van der Waals surface area contributed by atoms with Gasteiger partial charge in [-0.2, -0.15) is 0 Å². The molecule has 0 aliphatic rings. The largest absolute Gasteiger partial charge is 0.497 e. The van der Waals surface area contributed by atoms with Crippen LogP contribution in [0.15, 0.2) is 24.3 Å². The Morgan fingerprint density at radius 3 is 2.53 bits per heavy atom. The summed E-state index contributed by atoms with van der Waals surface area (Å²) < 4.78 is 23.5. The molecule has 0 saturated carbocycles. The lowest BCUT2D eigenvalue weighted by molar-refractivity contribution is 0.0501. The number of carbonyl (C=O) groups is 1. The minimum atomic E-state index is -1.05. The molecule has 1 aromatic carbocycles. The molecule has 0 bridgehead atoms. The van der Waals surface area contributed by atoms with Crippen molar-refractivity contribution in [2.24, 2.45) is 0 Å². The van der Waals surface area contributed by atoms with Crippen LogP contribution in [0.1, 0.15) is 20.8 Å². The maximum atomic E-state index is 13.7. The highest BCUT2D eigenvalue weighted by atomic mass is 19.2. The number of benzene rings is 1. The number of anilines is 1. The van der Waals surface area contributed by atoms with Gasteiger partial charge < -0.3 is 9.47 Å². The Labute approximate surface area is 99.9 Å². The average Bonchev–Trinajstić information content (AvgIpc) is 2.26. The molecule has 17 heavy (non-hydrogen) atoms. The maximum absolute atomic E-state index is 13.7. The Balaban J connectivity index is 2.81. The Morgan fingerprint density at radius 2 is 2.00 bits per heavy atom. The number of hydrogen-bond donors (Lipinski definition) is 0. The predicted molar refractivity (Wildman–Crippen MR) is 62.8 cm³/mol. The second kappa shape index (κ2) is 5.03. The number of methoxy groups -OCH3 is 1. The number of halogens is 1. The summed E-state index contributed by atoms with van der Waals surface area (Å²) in [5.74, 6) is 0.466. The first-order valence-electron chi connectivity index (χ1n) is 5.16. The molecule has 1 amide bonds. The van der Waals surface area contributed by atoms with Gasteiger partial charge in [0.15, 0.2) is 0 Å². The van der Waals surface area contributed by atoms with E-state index in [-0.39, 0.29) is 10.8 Å². The summed E-state index contributed by atoms with van der Waals surface area (Å²) in [7, 11) is 1.47. The van der Waals surface area contributed by atoms with E-state index in [0.717, 1.165) is 0 Å². The van der Waals surface area contributed by atoms with E-state index in [1.54, 1.807) is 32.9 Å². The Kier molecular flexibility index (Phi) is 3.93. The molecule has 1 aromatic rings. The van der Waals surface area contributed by atoms with Crippen molar-refractivity contribution in [3.05, 3.63) is 24.3 Å². The summed E-state index contributed by atoms with van der Waals surface area (Å²) in [6.45, 7) is 5.01. The molecule has 0 spiro atoms. The molecule has 0 aliphatic carbocycles. The number of rotatable bonds is 2. The van der Waals surface area contributed by atoms with Gasteiger partial charge in [0.2, 0.25) is 0 Å². The molecule has 4 nitrogen and oxygen atoms in total. The zero-order valence-corrected chi connectivity index (χ0v) is 10.4. The van der Waals surface area contributed by atoms with E-state index in [2.05, 4.69) is 0 Å². The first-order chi connectivity index (χ1) is 7.83. The summed E-state index contributed by atoms with van der Waals surface area (Å²) >= 11 is 0. The quantitative estimate of drug-likeness (QED) is 0.745. The smallest absolute Gasteiger partial charge is 0.443 e. The van der Waals surface area contributed by atoms with Crippen LogP contribution in [0.3, 0.4) is 0 Å². The van der Waals surface area contributed by atoms with Gasteiger partial charge in [0.1, 0.15) is 11.4 Å². The third-order valence-corrected chi connectivity index (χ3v) is 1.83. The van der Waals surface area contributed by atoms with Crippen LogP contribution in [0, 0.1) is 0 Å². The van der Waals surface area contributed by atoms with Crippen molar-refractivity contribution in [3.63, 3.8) is 0 Å². The number of hydrogen-bond acceptors (Lipinski definition) is 3. The van der Waals surface area contributed by atoms with Crippen LogP contribution in [0.2, 0.25) is 0 Å². The normalized spacial score (nSPS) is 10.9. The molecule has 1 rings (SSSR count). The second-order valence-electron chi connectivity index (χ2n) is 4.46. The molecule has 94 valence electrons. The van der Waals surface area contributed by atoms with E-state index in [4.69, 9.17) is 9.47 Å². The molecule has 0 heterocycles. The van der Waals surface area contributed by atoms with Crippen molar-refractivity contribution >= 4 is 11.8 Å². The van der Waals surface area contributed by atoms with Crippen LogP contribution >= 0.6 is 0 Å². The van der Waals surface area contributed by atoms with Crippen LogP contribution in [0.5, 0.6) is 5.75 Å². The molecule has 5 heteroatoms. The number of nitrogens with zero attached hydrogens (tertiary/aromatic N) is 1. The SMILES string of the molecule is COc1cccc(N(F)C(=O)OC(C)(C)C)c1. The van der Waals surface area contributed by atoms with Gasteiger partial charge >= 0.3 is 6.09 Å². The Bertz CT molecular complexity index is 401. The van der Waals surface area contributed by atoms with Crippen molar-refractivity contribution in [2.45, 2.75) is 26.4 Å². The Morgan fingerprint density at radius 1 is 1.35 bits per heavy atom. The second-order valence-corrected chi connectivity index (χ2v) is 4.46. The van der Waals surface area contributed by atoms with Crippen LogP contribution in [-0.4, -0.2) is 18.8 Å². The molecular weight excluding hydrogens is 225 g/mol. The van der Waals surface area contributed by atoms with Gasteiger partial charge in [0.25, 0.3) is 0 Å². The highest BCUT2D eigenvalue weighted by Gasteiger charge is 2.23. The summed E-state index contributed by atoms with van der Waals surface area (Å²) in [4.78, 5) is 11.4. The van der Waals surface area contributed by atoms with E-state index in [1.807, 2.05) is 0 Å². The number of ether oxygens (including phenoxy) is 2. The first kappa shape index (κ1) is 13.3. The van der Waals surface area contributed by atoms with Crippen LogP contribution in [0.25, 0.3) is 0 Å². The van der Waals surface area contributed by atoms with Crippen molar-refractivity contribution in [3.8, 4) is 5.75 Å². The van der Waals surface area contributed by atoms with E-state index in [0.29, 0.717) is 5.75 Å². The van der Waals surface area contributed by atoms with Gasteiger partial charge in [0.05, 0.1) is 12.8 Å². The monoisotopic (exact) mass is 241 g/mol. The lowest BCUT2D eigenvalue weighted by Crippen LogP contribution is -2.31. The molecule has 0 radical (unpaired) electrons. The highest BCUT2D eigenvalue weighted by molar-refractivity contribution is 5.85. The van der Waals surface area contributed by atoms with E-state index in [9.17, 15) is 9.28 Å². The molecule has 0 N–H and O–H groups in total. The van der Waals surface area contributed by atoms with Gasteiger partial charge in [-0.15, -0.1) is 5.12 Å². The minimum absolute atomic E-state index is 0.0478. The lowest BCUT2D eigenvalue weighted by atomic mass is 10.2. The fourth-order valence-corrected chi connectivity index (χ4v) is 1.14. The molecule has 0 unspecified atom stereocenters. The lowest BCUT2D eigenvalue weighted by Gasteiger charge is -2.22. The van der Waals surface area contributed by atoms with Gasteiger partial charge in [-0.3, -0.25) is 0 Å². The number of carbonyl (C=O) groups excluding carboxylic acids is 1. The van der Waals surface area contributed by atoms with Crippen molar-refractivity contribution in [1.82, 2.24) is 0 Å². The van der Waals surface area contributed by atoms with Gasteiger partial charge in [-0.25, -0.2) is 4.79 Å². The van der Waals surface area contributed by atoms with Gasteiger partial charge in [-0.05, 0) is 32.9 Å². The summed E-state index contributed by atoms with van der Waals surface area (Å²) in [5, 5.41) is -0.0478. The minimum Gasteiger partial charge on any atom is -0.497 e. The standard InChI is InChI=1S/C12H16FNO3/c1-12(2,3)17-11(15)14(13)9-6-5-7-10(8-9)16-4/h5-8H,1-4H3. The summed E-state index contributed by atoms with van der Waals surface area (Å²) in [6.07, 6.45) is -1.05. The molecular formula is C12H16FNO3. The van der Waals surface area contributed by atoms with Crippen LogP contribution in [0.4, 0.5) is 15.0 Å². The van der Waals surface area contributed by atoms with Crippen molar-refractivity contribution < 1.29 is 18.7 Å². The zero-order chi connectivity index (χ0) is 13.1. The highest BCUT2D eigenvalue weighted by Crippen LogP contribution is 2.23. The van der Waals surface area contributed by atoms with E-state index < -0.39 is 11.7 Å². The van der Waals surface area contributed by atoms with Gasteiger partial charge in [-0.1, -0.05) is 10.5 Å². The summed E-state index contributed by atoms with van der Waals surface area (Å²) in [5.41, 5.74) is -0.668. The molecule has 0 fully saturated rings. The predicted octanol–water partition coefficient (Wildman–Crippen LogP) is 3.32. The van der Waals surface area contributed by atoms with E-state index >= 15 is 0 Å². The van der Waals surface area contributed by atoms with E-state index in [1.165, 1.54) is 19.2 Å². The summed E-state index contributed by atoms with van der Waals surface area (Å²) in [6, 6.07) is 6.11. The van der Waals surface area contributed by atoms with Crippen LogP contribution < -0.4 is 9.86 Å². The topological polar surface area (TPSA) is 38.8 Å². The third kappa shape index (κ3) is 3.94. The molecule has 0 saturated heterocycles. The van der Waals surface area contributed by atoms with Crippen molar-refractivity contribution in [1.29, 1.82) is 0 Å². The average molecular weight is 241 g/mol. The fraction of sp³-hybridized carbons (Fsp3) is 0.417. The number of amides is 1.